The predicted octanol–water partition coefficient (Wildman–Crippen LogP) is 1.31. The van der Waals surface area contributed by atoms with Crippen molar-refractivity contribution in [2.75, 3.05) is 0 Å². The molecule has 2 nitrogen and oxygen atoms in total. The average molecular weight is 180 g/mol. The summed E-state index contributed by atoms with van der Waals surface area (Å²) in [5.41, 5.74) is 5.99. The van der Waals surface area contributed by atoms with Crippen molar-refractivity contribution in [1.29, 1.82) is 0 Å². The Bertz CT molecular complexity index is 115. The molecule has 0 amide bonds. The fourth-order valence-electron chi connectivity index (χ4n) is 1.95. The Morgan fingerprint density at radius 1 is 1.36 bits per heavy atom. The van der Waals surface area contributed by atoms with Crippen LogP contribution in [0.3, 0.4) is 0 Å². The molecule has 1 saturated carbocycles. The number of nitrogens with two attached hydrogens (primary N) is 1. The van der Waals surface area contributed by atoms with Gasteiger partial charge in [0, 0.05) is 6.04 Å². The summed E-state index contributed by atoms with van der Waals surface area (Å²) >= 11 is 0. The minimum absolute atomic E-state index is 0. The molecule has 3 heteroatoms. The van der Waals surface area contributed by atoms with Crippen molar-refractivity contribution in [3.8, 4) is 0 Å². The summed E-state index contributed by atoms with van der Waals surface area (Å²) in [7, 11) is 0. The number of rotatable bonds is 0. The largest absolute Gasteiger partial charge is 0.393 e. The monoisotopic (exact) mass is 179 g/mol. The average Bonchev–Trinajstić information content (AvgIpc) is 1.54. The second-order valence-corrected chi connectivity index (χ2v) is 4.22. The zero-order chi connectivity index (χ0) is 7.78. The van der Waals surface area contributed by atoms with Crippen LogP contribution in [0.25, 0.3) is 0 Å². The second-order valence-electron chi connectivity index (χ2n) is 4.22. The van der Waals surface area contributed by atoms with Crippen LogP contribution in [0.1, 0.15) is 33.1 Å². The van der Waals surface area contributed by atoms with Gasteiger partial charge in [0.15, 0.2) is 0 Å². The number of hydrogen-bond acceptors (Lipinski definition) is 2. The van der Waals surface area contributed by atoms with Gasteiger partial charge in [0.2, 0.25) is 0 Å². The molecule has 0 heterocycles. The molecule has 0 bridgehead atoms. The molecule has 11 heavy (non-hydrogen) atoms. The molecule has 1 rings (SSSR count). The van der Waals surface area contributed by atoms with E-state index in [0.717, 1.165) is 19.3 Å². The molecule has 1 aliphatic rings. The molecule has 68 valence electrons. The number of aliphatic hydroxyl groups excluding tert-OH is 1. The first-order valence-corrected chi connectivity index (χ1v) is 3.93. The molecular weight excluding hydrogens is 162 g/mol. The minimum Gasteiger partial charge on any atom is -0.393 e. The van der Waals surface area contributed by atoms with Crippen LogP contribution in [0, 0.1) is 5.41 Å². The maximum atomic E-state index is 9.34. The highest BCUT2D eigenvalue weighted by Gasteiger charge is 2.30. The first-order chi connectivity index (χ1) is 4.49. The Kier molecular flexibility index (Phi) is 3.82. The fourth-order valence-corrected chi connectivity index (χ4v) is 1.95. The van der Waals surface area contributed by atoms with Crippen LogP contribution in [-0.4, -0.2) is 17.3 Å². The van der Waals surface area contributed by atoms with Crippen molar-refractivity contribution in [1.82, 2.24) is 0 Å². The Morgan fingerprint density at radius 3 is 2.27 bits per heavy atom. The van der Waals surface area contributed by atoms with Gasteiger partial charge in [-0.15, -0.1) is 12.4 Å². The van der Waals surface area contributed by atoms with Crippen molar-refractivity contribution in [2.24, 2.45) is 11.1 Å². The lowest BCUT2D eigenvalue weighted by molar-refractivity contribution is 0.0556. The molecule has 0 unspecified atom stereocenters. The van der Waals surface area contributed by atoms with Gasteiger partial charge in [0.25, 0.3) is 0 Å². The van der Waals surface area contributed by atoms with Gasteiger partial charge in [0.1, 0.15) is 0 Å². The van der Waals surface area contributed by atoms with Crippen molar-refractivity contribution < 1.29 is 5.11 Å². The summed E-state index contributed by atoms with van der Waals surface area (Å²) in [6.45, 7) is 4.32. The normalized spacial score (nSPS) is 36.0. The molecule has 0 saturated heterocycles. The summed E-state index contributed by atoms with van der Waals surface area (Å²) < 4.78 is 0. The lowest BCUT2D eigenvalue weighted by Gasteiger charge is -2.36. The third-order valence-electron chi connectivity index (χ3n) is 2.18. The van der Waals surface area contributed by atoms with Crippen molar-refractivity contribution in [3.63, 3.8) is 0 Å². The lowest BCUT2D eigenvalue weighted by Crippen LogP contribution is -2.39. The van der Waals surface area contributed by atoms with E-state index in [2.05, 4.69) is 13.8 Å². The van der Waals surface area contributed by atoms with E-state index in [1.54, 1.807) is 0 Å². The predicted molar refractivity (Wildman–Crippen MR) is 48.9 cm³/mol. The summed E-state index contributed by atoms with van der Waals surface area (Å²) in [4.78, 5) is 0. The van der Waals surface area contributed by atoms with Gasteiger partial charge in [-0.2, -0.15) is 0 Å². The standard InChI is InChI=1S/C8H17NO.ClH/c1-8(2)4-6(9)3-7(10)5-8;/h6-7,10H,3-5,9H2,1-2H3;1H/t6-,7-;/m0./s1. The van der Waals surface area contributed by atoms with Gasteiger partial charge >= 0.3 is 0 Å². The van der Waals surface area contributed by atoms with Gasteiger partial charge in [-0.05, 0) is 24.7 Å². The Balaban J connectivity index is 0.000001000. The summed E-state index contributed by atoms with van der Waals surface area (Å²) in [6.07, 6.45) is 2.56. The number of halogens is 1. The lowest BCUT2D eigenvalue weighted by atomic mass is 9.74. The molecule has 0 aromatic carbocycles. The molecular formula is C8H18ClNO. The van der Waals surface area contributed by atoms with Gasteiger partial charge < -0.3 is 10.8 Å². The van der Waals surface area contributed by atoms with Gasteiger partial charge in [-0.3, -0.25) is 0 Å². The minimum atomic E-state index is -0.168. The molecule has 0 aromatic rings. The van der Waals surface area contributed by atoms with Gasteiger partial charge in [-0.25, -0.2) is 0 Å². The highest BCUT2D eigenvalue weighted by molar-refractivity contribution is 5.85. The maximum Gasteiger partial charge on any atom is 0.0560 e. The second kappa shape index (κ2) is 3.74. The van der Waals surface area contributed by atoms with Crippen LogP contribution in [0.5, 0.6) is 0 Å². The first kappa shape index (κ1) is 11.2. The van der Waals surface area contributed by atoms with E-state index < -0.39 is 0 Å². The molecule has 1 aliphatic carbocycles. The number of aliphatic hydroxyl groups is 1. The number of hydrogen-bond donors (Lipinski definition) is 2. The van der Waals surface area contributed by atoms with Crippen molar-refractivity contribution in [3.05, 3.63) is 0 Å². The molecule has 0 aromatic heterocycles. The van der Waals surface area contributed by atoms with E-state index in [1.807, 2.05) is 0 Å². The Morgan fingerprint density at radius 2 is 1.91 bits per heavy atom. The smallest absolute Gasteiger partial charge is 0.0560 e. The van der Waals surface area contributed by atoms with Gasteiger partial charge in [0.05, 0.1) is 6.10 Å². The van der Waals surface area contributed by atoms with Crippen LogP contribution in [0.15, 0.2) is 0 Å². The highest BCUT2D eigenvalue weighted by atomic mass is 35.5. The zero-order valence-electron chi connectivity index (χ0n) is 7.21. The summed E-state index contributed by atoms with van der Waals surface area (Å²) in [5, 5.41) is 9.34. The fraction of sp³-hybridized carbons (Fsp3) is 1.00. The van der Waals surface area contributed by atoms with E-state index in [0.29, 0.717) is 0 Å². The molecule has 0 aliphatic heterocycles. The zero-order valence-corrected chi connectivity index (χ0v) is 8.03. The third-order valence-corrected chi connectivity index (χ3v) is 2.18. The van der Waals surface area contributed by atoms with Crippen LogP contribution in [-0.2, 0) is 0 Å². The molecule has 3 N–H and O–H groups in total. The molecule has 1 fully saturated rings. The van der Waals surface area contributed by atoms with E-state index in [4.69, 9.17) is 5.73 Å². The van der Waals surface area contributed by atoms with E-state index >= 15 is 0 Å². The maximum absolute atomic E-state index is 9.34. The summed E-state index contributed by atoms with van der Waals surface area (Å²) in [6, 6.07) is 0.207. The summed E-state index contributed by atoms with van der Waals surface area (Å²) in [5.74, 6) is 0. The Hall–Kier alpha value is 0.210. The van der Waals surface area contributed by atoms with E-state index in [-0.39, 0.29) is 30.0 Å². The highest BCUT2D eigenvalue weighted by Crippen LogP contribution is 2.34. The quantitative estimate of drug-likeness (QED) is 0.589. The van der Waals surface area contributed by atoms with E-state index in [9.17, 15) is 5.11 Å². The van der Waals surface area contributed by atoms with Crippen LogP contribution >= 0.6 is 12.4 Å². The van der Waals surface area contributed by atoms with Crippen LogP contribution in [0.4, 0.5) is 0 Å². The molecule has 0 spiro atoms. The van der Waals surface area contributed by atoms with Crippen molar-refractivity contribution in [2.45, 2.75) is 45.3 Å². The first-order valence-electron chi connectivity index (χ1n) is 3.93. The third kappa shape index (κ3) is 3.41. The molecule has 0 radical (unpaired) electrons. The SMILES string of the molecule is CC1(C)C[C@@H](N)C[C@H](O)C1.Cl. The van der Waals surface area contributed by atoms with Gasteiger partial charge in [-0.1, -0.05) is 13.8 Å². The van der Waals surface area contributed by atoms with Crippen LogP contribution in [0.2, 0.25) is 0 Å². The molecule has 2 atom stereocenters. The van der Waals surface area contributed by atoms with Crippen molar-refractivity contribution >= 4 is 12.4 Å². The topological polar surface area (TPSA) is 46.2 Å². The Labute approximate surface area is 74.6 Å². The van der Waals surface area contributed by atoms with Crippen LogP contribution < -0.4 is 5.73 Å². The van der Waals surface area contributed by atoms with E-state index in [1.165, 1.54) is 0 Å².